The van der Waals surface area contributed by atoms with Gasteiger partial charge in [-0.15, -0.1) is 10.2 Å². The van der Waals surface area contributed by atoms with E-state index in [2.05, 4.69) is 32.4 Å². The van der Waals surface area contributed by atoms with Crippen molar-refractivity contribution in [3.8, 4) is 0 Å². The van der Waals surface area contributed by atoms with Gasteiger partial charge >= 0.3 is 0 Å². The lowest BCUT2D eigenvalue weighted by Gasteiger charge is -1.99. The normalized spacial score (nSPS) is 13.5. The first-order chi connectivity index (χ1) is 5.72. The largest absolute Gasteiger partial charge is 0.244 e. The molecular weight excluding hydrogens is 154 g/mol. The molecule has 0 aromatic carbocycles. The third-order valence-corrected chi connectivity index (χ3v) is 1.03. The molecule has 0 saturated heterocycles. The fraction of sp³-hybridized carbons (Fsp3) is 0.571. The van der Waals surface area contributed by atoms with E-state index >= 15 is 0 Å². The van der Waals surface area contributed by atoms with E-state index in [1.54, 1.807) is 6.21 Å². The summed E-state index contributed by atoms with van der Waals surface area (Å²) in [7, 11) is 0. The third kappa shape index (κ3) is 4.43. The zero-order valence-electron chi connectivity index (χ0n) is 7.60. The number of amidine groups is 1. The van der Waals surface area contributed by atoms with Crippen molar-refractivity contribution in [1.82, 2.24) is 0 Å². The fourth-order valence-electron chi connectivity index (χ4n) is 0.517. The standard InChI is InChI=1S/C7H13N5/c1-5-9-7(6(2)3)10-12-11-8-4/h5-6H,4H2,1-3H3/b9-5?,10-7-,12-11-. The lowest BCUT2D eigenvalue weighted by Crippen LogP contribution is -2.03. The number of aliphatic imine (C=N–C) groups is 1. The van der Waals surface area contributed by atoms with E-state index in [-0.39, 0.29) is 5.92 Å². The minimum Gasteiger partial charge on any atom is -0.244 e. The maximum absolute atomic E-state index is 4.00. The molecule has 0 unspecified atom stereocenters. The Hall–Kier alpha value is -1.39. The van der Waals surface area contributed by atoms with Crippen LogP contribution < -0.4 is 0 Å². The van der Waals surface area contributed by atoms with Crippen molar-refractivity contribution in [2.75, 3.05) is 0 Å². The lowest BCUT2D eigenvalue weighted by molar-refractivity contribution is 0.848. The van der Waals surface area contributed by atoms with Gasteiger partial charge in [-0.3, -0.25) is 0 Å². The molecule has 0 heterocycles. The van der Waals surface area contributed by atoms with Crippen LogP contribution in [0.15, 0.2) is 25.6 Å². The van der Waals surface area contributed by atoms with Gasteiger partial charge in [0.25, 0.3) is 0 Å². The van der Waals surface area contributed by atoms with Crippen molar-refractivity contribution in [3.05, 3.63) is 0 Å². The van der Waals surface area contributed by atoms with Gasteiger partial charge in [0.1, 0.15) is 0 Å². The molecule has 0 N–H and O–H groups in total. The number of hydrogen-bond donors (Lipinski definition) is 0. The molecule has 5 nitrogen and oxygen atoms in total. The Morgan fingerprint density at radius 3 is 2.42 bits per heavy atom. The third-order valence-electron chi connectivity index (χ3n) is 1.03. The molecule has 0 atom stereocenters. The van der Waals surface area contributed by atoms with E-state index in [0.29, 0.717) is 5.84 Å². The van der Waals surface area contributed by atoms with Gasteiger partial charge in [-0.25, -0.2) is 4.99 Å². The molecule has 5 heteroatoms. The second kappa shape index (κ2) is 6.33. The van der Waals surface area contributed by atoms with E-state index in [9.17, 15) is 0 Å². The molecule has 0 aliphatic heterocycles. The molecule has 0 radical (unpaired) electrons. The summed E-state index contributed by atoms with van der Waals surface area (Å²) >= 11 is 0. The summed E-state index contributed by atoms with van der Waals surface area (Å²) in [5.41, 5.74) is 0. The summed E-state index contributed by atoms with van der Waals surface area (Å²) in [6, 6.07) is 0. The van der Waals surface area contributed by atoms with Crippen LogP contribution in [0.25, 0.3) is 0 Å². The van der Waals surface area contributed by atoms with E-state index < -0.39 is 0 Å². The zero-order chi connectivity index (χ0) is 9.40. The van der Waals surface area contributed by atoms with Gasteiger partial charge in [0.15, 0.2) is 5.84 Å². The Kier molecular flexibility index (Phi) is 5.60. The van der Waals surface area contributed by atoms with Gasteiger partial charge in [-0.2, -0.15) is 0 Å². The summed E-state index contributed by atoms with van der Waals surface area (Å²) in [4.78, 5) is 4.00. The number of rotatable bonds is 3. The first-order valence-corrected chi connectivity index (χ1v) is 3.64. The van der Waals surface area contributed by atoms with Crippen molar-refractivity contribution >= 4 is 18.8 Å². The highest BCUT2D eigenvalue weighted by molar-refractivity contribution is 5.90. The molecular formula is C7H13N5. The molecule has 0 aliphatic carbocycles. The minimum atomic E-state index is 0.227. The van der Waals surface area contributed by atoms with Crippen molar-refractivity contribution in [2.24, 2.45) is 31.6 Å². The SMILES string of the molecule is C=N/N=N\N=C(/N=CC)C(C)C. The second-order valence-electron chi connectivity index (χ2n) is 2.32. The van der Waals surface area contributed by atoms with Crippen LogP contribution >= 0.6 is 0 Å². The lowest BCUT2D eigenvalue weighted by atomic mass is 10.2. The topological polar surface area (TPSA) is 61.8 Å². The average Bonchev–Trinajstić information content (AvgIpc) is 2.03. The fourth-order valence-corrected chi connectivity index (χ4v) is 0.517. The van der Waals surface area contributed by atoms with Gasteiger partial charge < -0.3 is 0 Å². The maximum atomic E-state index is 4.00. The Bertz CT molecular complexity index is 214. The maximum Gasteiger partial charge on any atom is 0.154 e. The highest BCUT2D eigenvalue weighted by Crippen LogP contribution is 1.99. The van der Waals surface area contributed by atoms with Gasteiger partial charge in [0.05, 0.1) is 0 Å². The van der Waals surface area contributed by atoms with Crippen LogP contribution in [-0.4, -0.2) is 18.8 Å². The highest BCUT2D eigenvalue weighted by atomic mass is 15.5. The summed E-state index contributed by atoms with van der Waals surface area (Å²) in [5.74, 6) is 0.856. The van der Waals surface area contributed by atoms with Gasteiger partial charge in [0.2, 0.25) is 0 Å². The van der Waals surface area contributed by atoms with Crippen LogP contribution in [0.2, 0.25) is 0 Å². The van der Waals surface area contributed by atoms with Crippen LogP contribution in [0.3, 0.4) is 0 Å². The van der Waals surface area contributed by atoms with E-state index in [1.807, 2.05) is 20.8 Å². The molecule has 66 valence electrons. The Morgan fingerprint density at radius 2 is 2.00 bits per heavy atom. The summed E-state index contributed by atoms with van der Waals surface area (Å²) in [6.45, 7) is 8.90. The molecule has 0 amide bonds. The smallest absolute Gasteiger partial charge is 0.154 e. The summed E-state index contributed by atoms with van der Waals surface area (Å²) in [5, 5.41) is 13.6. The number of nitrogens with zero attached hydrogens (tertiary/aromatic N) is 5. The van der Waals surface area contributed by atoms with Crippen LogP contribution in [0.4, 0.5) is 0 Å². The quantitative estimate of drug-likeness (QED) is 0.267. The van der Waals surface area contributed by atoms with Crippen molar-refractivity contribution < 1.29 is 0 Å². The molecule has 0 fully saturated rings. The first kappa shape index (κ1) is 10.6. The van der Waals surface area contributed by atoms with Crippen LogP contribution in [-0.2, 0) is 0 Å². The van der Waals surface area contributed by atoms with E-state index in [0.717, 1.165) is 0 Å². The minimum absolute atomic E-state index is 0.227. The Labute approximate surface area is 72.0 Å². The predicted octanol–water partition coefficient (Wildman–Crippen LogP) is 2.11. The monoisotopic (exact) mass is 167 g/mol. The summed E-state index contributed by atoms with van der Waals surface area (Å²) in [6.07, 6.45) is 1.66. The Morgan fingerprint density at radius 1 is 1.33 bits per heavy atom. The molecule has 0 saturated carbocycles. The number of hydrogen-bond acceptors (Lipinski definition) is 2. The molecule has 0 rings (SSSR count). The van der Waals surface area contributed by atoms with Crippen molar-refractivity contribution in [3.63, 3.8) is 0 Å². The summed E-state index contributed by atoms with van der Waals surface area (Å²) < 4.78 is 0. The second-order valence-corrected chi connectivity index (χ2v) is 2.32. The molecule has 0 spiro atoms. The van der Waals surface area contributed by atoms with Crippen molar-refractivity contribution in [1.29, 1.82) is 0 Å². The van der Waals surface area contributed by atoms with E-state index in [4.69, 9.17) is 0 Å². The molecule has 12 heavy (non-hydrogen) atoms. The molecule has 0 bridgehead atoms. The van der Waals surface area contributed by atoms with Gasteiger partial charge in [-0.1, -0.05) is 13.8 Å². The first-order valence-electron chi connectivity index (χ1n) is 3.64. The van der Waals surface area contributed by atoms with E-state index in [1.165, 1.54) is 0 Å². The van der Waals surface area contributed by atoms with Gasteiger partial charge in [0, 0.05) is 18.9 Å². The van der Waals surface area contributed by atoms with Crippen molar-refractivity contribution in [2.45, 2.75) is 20.8 Å². The van der Waals surface area contributed by atoms with Crippen LogP contribution in [0.5, 0.6) is 0 Å². The highest BCUT2D eigenvalue weighted by Gasteiger charge is 2.00. The average molecular weight is 167 g/mol. The predicted molar refractivity (Wildman–Crippen MR) is 50.8 cm³/mol. The zero-order valence-corrected chi connectivity index (χ0v) is 7.60. The Balaban J connectivity index is 4.38. The van der Waals surface area contributed by atoms with Crippen LogP contribution in [0.1, 0.15) is 20.8 Å². The molecule has 0 aromatic heterocycles. The van der Waals surface area contributed by atoms with Gasteiger partial charge in [-0.05, 0) is 17.4 Å². The molecule has 0 aliphatic rings. The molecule has 0 aromatic rings. The van der Waals surface area contributed by atoms with Crippen LogP contribution in [0, 0.1) is 5.92 Å².